The number of benzene rings is 1. The fourth-order valence-corrected chi connectivity index (χ4v) is 2.27. The highest BCUT2D eigenvalue weighted by atomic mass is 16.3. The van der Waals surface area contributed by atoms with Crippen LogP contribution in [-0.2, 0) is 4.79 Å². The average Bonchev–Trinajstić information content (AvgIpc) is 3.25. The summed E-state index contributed by atoms with van der Waals surface area (Å²) in [5, 5.41) is 2.86. The maximum atomic E-state index is 12.1. The van der Waals surface area contributed by atoms with E-state index in [-0.39, 0.29) is 11.8 Å². The molecular formula is C16H21N3O2. The molecule has 21 heavy (non-hydrogen) atoms. The summed E-state index contributed by atoms with van der Waals surface area (Å²) in [4.78, 5) is 16.6. The molecule has 0 spiro atoms. The second-order valence-corrected chi connectivity index (χ2v) is 5.91. The lowest BCUT2D eigenvalue weighted by molar-refractivity contribution is -0.118. The predicted octanol–water partition coefficient (Wildman–Crippen LogP) is 3.02. The van der Waals surface area contributed by atoms with Gasteiger partial charge in [0.2, 0.25) is 5.91 Å². The monoisotopic (exact) mass is 287 g/mol. The molecule has 1 aromatic carbocycles. The number of carbonyl (C=O) groups is 1. The third-order valence-electron chi connectivity index (χ3n) is 4.16. The summed E-state index contributed by atoms with van der Waals surface area (Å²) in [5.41, 5.74) is 8.20. The molecule has 0 saturated heterocycles. The SMILES string of the molecule is CC[C@H](C)[C@H](N)C(=O)Nc1ccc2oc(C3CC3)nc2c1. The number of oxazole rings is 1. The highest BCUT2D eigenvalue weighted by molar-refractivity contribution is 5.96. The van der Waals surface area contributed by atoms with E-state index < -0.39 is 6.04 Å². The maximum absolute atomic E-state index is 12.1. The van der Waals surface area contributed by atoms with Gasteiger partial charge in [0.25, 0.3) is 0 Å². The number of nitrogens with one attached hydrogen (secondary N) is 1. The zero-order valence-corrected chi connectivity index (χ0v) is 12.4. The molecule has 3 N–H and O–H groups in total. The minimum atomic E-state index is -0.495. The van der Waals surface area contributed by atoms with Crippen LogP contribution in [0.4, 0.5) is 5.69 Å². The van der Waals surface area contributed by atoms with Crippen LogP contribution in [0.1, 0.15) is 44.9 Å². The van der Waals surface area contributed by atoms with E-state index >= 15 is 0 Å². The van der Waals surface area contributed by atoms with Crippen LogP contribution < -0.4 is 11.1 Å². The van der Waals surface area contributed by atoms with Crippen LogP contribution in [0.15, 0.2) is 22.6 Å². The van der Waals surface area contributed by atoms with E-state index in [0.717, 1.165) is 36.3 Å². The number of nitrogens with two attached hydrogens (primary N) is 1. The Hall–Kier alpha value is -1.88. The first-order chi connectivity index (χ1) is 10.1. The number of carbonyl (C=O) groups excluding carboxylic acids is 1. The smallest absolute Gasteiger partial charge is 0.241 e. The molecule has 1 aliphatic carbocycles. The molecule has 1 aromatic heterocycles. The Morgan fingerprint density at radius 2 is 2.29 bits per heavy atom. The van der Waals surface area contributed by atoms with Gasteiger partial charge in [-0.15, -0.1) is 0 Å². The van der Waals surface area contributed by atoms with Crippen molar-refractivity contribution in [3.8, 4) is 0 Å². The van der Waals surface area contributed by atoms with Crippen molar-refractivity contribution in [1.82, 2.24) is 4.98 Å². The number of hydrogen-bond donors (Lipinski definition) is 2. The van der Waals surface area contributed by atoms with Crippen molar-refractivity contribution >= 4 is 22.7 Å². The molecule has 3 rings (SSSR count). The lowest BCUT2D eigenvalue weighted by Crippen LogP contribution is -2.40. The van der Waals surface area contributed by atoms with Crippen LogP contribution >= 0.6 is 0 Å². The van der Waals surface area contributed by atoms with Gasteiger partial charge in [0, 0.05) is 11.6 Å². The second-order valence-electron chi connectivity index (χ2n) is 5.91. The summed E-state index contributed by atoms with van der Waals surface area (Å²) in [6, 6.07) is 5.01. The van der Waals surface area contributed by atoms with Crippen LogP contribution in [-0.4, -0.2) is 16.9 Å². The third-order valence-corrected chi connectivity index (χ3v) is 4.16. The predicted molar refractivity (Wildman–Crippen MR) is 82.0 cm³/mol. The van der Waals surface area contributed by atoms with Gasteiger partial charge in [0.1, 0.15) is 5.52 Å². The van der Waals surface area contributed by atoms with Crippen molar-refractivity contribution in [3.63, 3.8) is 0 Å². The maximum Gasteiger partial charge on any atom is 0.241 e. The molecule has 1 saturated carbocycles. The first-order valence-corrected chi connectivity index (χ1v) is 7.55. The van der Waals surface area contributed by atoms with Crippen molar-refractivity contribution < 1.29 is 9.21 Å². The summed E-state index contributed by atoms with van der Waals surface area (Å²) < 4.78 is 5.71. The molecular weight excluding hydrogens is 266 g/mol. The Morgan fingerprint density at radius 1 is 1.52 bits per heavy atom. The van der Waals surface area contributed by atoms with Gasteiger partial charge >= 0.3 is 0 Å². The lowest BCUT2D eigenvalue weighted by Gasteiger charge is -2.17. The summed E-state index contributed by atoms with van der Waals surface area (Å²) in [5.74, 6) is 1.29. The number of fused-ring (bicyclic) bond motifs is 1. The van der Waals surface area contributed by atoms with Gasteiger partial charge in [0.15, 0.2) is 11.5 Å². The van der Waals surface area contributed by atoms with Crippen LogP contribution in [0.2, 0.25) is 0 Å². The molecule has 5 heteroatoms. The summed E-state index contributed by atoms with van der Waals surface area (Å²) in [6.45, 7) is 4.01. The van der Waals surface area contributed by atoms with E-state index in [1.807, 2.05) is 32.0 Å². The topological polar surface area (TPSA) is 81.2 Å². The first-order valence-electron chi connectivity index (χ1n) is 7.55. The molecule has 0 unspecified atom stereocenters. The molecule has 2 aromatic rings. The number of rotatable bonds is 5. The van der Waals surface area contributed by atoms with E-state index in [2.05, 4.69) is 10.3 Å². The normalized spacial score (nSPS) is 17.7. The number of hydrogen-bond acceptors (Lipinski definition) is 4. The van der Waals surface area contributed by atoms with Gasteiger partial charge in [0.05, 0.1) is 6.04 Å². The number of aromatic nitrogens is 1. The average molecular weight is 287 g/mol. The fourth-order valence-electron chi connectivity index (χ4n) is 2.27. The van der Waals surface area contributed by atoms with Crippen molar-refractivity contribution in [2.75, 3.05) is 5.32 Å². The number of amides is 1. The zero-order valence-electron chi connectivity index (χ0n) is 12.4. The molecule has 0 radical (unpaired) electrons. The minimum absolute atomic E-state index is 0.155. The second kappa shape index (κ2) is 5.48. The molecule has 5 nitrogen and oxygen atoms in total. The van der Waals surface area contributed by atoms with Crippen LogP contribution in [0.25, 0.3) is 11.1 Å². The minimum Gasteiger partial charge on any atom is -0.440 e. The van der Waals surface area contributed by atoms with Gasteiger partial charge < -0.3 is 15.5 Å². The highest BCUT2D eigenvalue weighted by Gasteiger charge is 2.29. The Labute approximate surface area is 123 Å². The van der Waals surface area contributed by atoms with E-state index in [4.69, 9.17) is 10.2 Å². The van der Waals surface area contributed by atoms with Crippen molar-refractivity contribution in [1.29, 1.82) is 0 Å². The molecule has 1 amide bonds. The van der Waals surface area contributed by atoms with Crippen molar-refractivity contribution in [2.45, 2.75) is 45.1 Å². The molecule has 1 fully saturated rings. The zero-order chi connectivity index (χ0) is 15.0. The number of nitrogens with zero attached hydrogens (tertiary/aromatic N) is 1. The molecule has 0 bridgehead atoms. The number of anilines is 1. The molecule has 112 valence electrons. The van der Waals surface area contributed by atoms with Gasteiger partial charge in [-0.3, -0.25) is 4.79 Å². The van der Waals surface area contributed by atoms with E-state index in [1.165, 1.54) is 0 Å². The molecule has 1 aliphatic rings. The molecule has 1 heterocycles. The van der Waals surface area contributed by atoms with Crippen LogP contribution in [0, 0.1) is 5.92 Å². The quantitative estimate of drug-likeness (QED) is 0.885. The Kier molecular flexibility index (Phi) is 3.68. The van der Waals surface area contributed by atoms with E-state index in [1.54, 1.807) is 0 Å². The Bertz CT molecular complexity index is 661. The molecule has 0 aliphatic heterocycles. The fraction of sp³-hybridized carbons (Fsp3) is 0.500. The third kappa shape index (κ3) is 2.93. The largest absolute Gasteiger partial charge is 0.440 e. The van der Waals surface area contributed by atoms with Gasteiger partial charge in [-0.2, -0.15) is 0 Å². The molecule has 2 atom stereocenters. The van der Waals surface area contributed by atoms with Gasteiger partial charge in [-0.05, 0) is 37.0 Å². The van der Waals surface area contributed by atoms with Crippen molar-refractivity contribution in [3.05, 3.63) is 24.1 Å². The van der Waals surface area contributed by atoms with Crippen LogP contribution in [0.5, 0.6) is 0 Å². The first kappa shape index (κ1) is 14.1. The lowest BCUT2D eigenvalue weighted by atomic mass is 9.99. The van der Waals surface area contributed by atoms with E-state index in [0.29, 0.717) is 11.6 Å². The van der Waals surface area contributed by atoms with Gasteiger partial charge in [-0.1, -0.05) is 20.3 Å². The highest BCUT2D eigenvalue weighted by Crippen LogP contribution is 2.40. The van der Waals surface area contributed by atoms with Crippen LogP contribution in [0.3, 0.4) is 0 Å². The summed E-state index contributed by atoms with van der Waals surface area (Å²) in [7, 11) is 0. The van der Waals surface area contributed by atoms with E-state index in [9.17, 15) is 4.79 Å². The Balaban J connectivity index is 1.76. The van der Waals surface area contributed by atoms with Crippen molar-refractivity contribution in [2.24, 2.45) is 11.7 Å². The summed E-state index contributed by atoms with van der Waals surface area (Å²) >= 11 is 0. The standard InChI is InChI=1S/C16H21N3O2/c1-3-9(2)14(17)15(20)18-11-6-7-13-12(8-11)19-16(21-13)10-4-5-10/h6-10,14H,3-5,17H2,1-2H3,(H,18,20)/t9-,14-/m0/s1. The summed E-state index contributed by atoms with van der Waals surface area (Å²) in [6.07, 6.45) is 3.18. The Morgan fingerprint density at radius 3 is 2.95 bits per heavy atom. The van der Waals surface area contributed by atoms with Gasteiger partial charge in [-0.25, -0.2) is 4.98 Å².